The number of hydrogen-bond acceptors (Lipinski definition) is 3. The highest BCUT2D eigenvalue weighted by molar-refractivity contribution is 8.22. The molecule has 0 saturated carbocycles. The Morgan fingerprint density at radius 2 is 1.33 bits per heavy atom. The zero-order chi connectivity index (χ0) is 25.5. The van der Waals surface area contributed by atoms with Crippen LogP contribution >= 0.6 is 0 Å². The second-order valence-corrected chi connectivity index (χ2v) is 11.9. The fraction of sp³-hybridized carbons (Fsp3) is 0.650. The van der Waals surface area contributed by atoms with Gasteiger partial charge in [0.15, 0.2) is 4.20 Å². The van der Waals surface area contributed by atoms with Crippen LogP contribution in [0.4, 0.5) is 32.0 Å². The van der Waals surface area contributed by atoms with Crippen molar-refractivity contribution in [3.8, 4) is 0 Å². The minimum atomic E-state index is -6.67. The molecule has 0 aliphatic rings. The SMILES string of the molecule is CCCCC[NH+](CCCCC)c1ccc(CC(S(=O)(=[OH+])C(F)(F)F)=S(=O)([O-])C(F)(F)F)cc1. The van der Waals surface area contributed by atoms with E-state index in [4.69, 9.17) is 0 Å². The molecule has 2 atom stereocenters. The van der Waals surface area contributed by atoms with Crippen LogP contribution < -0.4 is 4.90 Å². The number of quaternary nitrogens is 1. The Bertz CT molecular complexity index is 969. The molecule has 1 aromatic rings. The third-order valence-corrected chi connectivity index (χ3v) is 9.18. The molecule has 33 heavy (non-hydrogen) atoms. The largest absolute Gasteiger partial charge is 0.770 e. The van der Waals surface area contributed by atoms with Crippen LogP contribution in [0.3, 0.4) is 0 Å². The van der Waals surface area contributed by atoms with E-state index in [1.54, 1.807) is 0 Å². The van der Waals surface area contributed by atoms with Crippen LogP contribution in [0.2, 0.25) is 0 Å². The van der Waals surface area contributed by atoms with E-state index >= 15 is 0 Å². The molecule has 0 fully saturated rings. The van der Waals surface area contributed by atoms with E-state index in [2.05, 4.69) is 13.8 Å². The van der Waals surface area contributed by atoms with Crippen molar-refractivity contribution in [1.82, 2.24) is 0 Å². The van der Waals surface area contributed by atoms with Gasteiger partial charge in [0.25, 0.3) is 0 Å². The van der Waals surface area contributed by atoms with Crippen LogP contribution in [0.15, 0.2) is 24.3 Å². The number of nitrogens with one attached hydrogen (secondary N) is 1. The van der Waals surface area contributed by atoms with Crippen molar-refractivity contribution in [2.75, 3.05) is 13.1 Å². The Hall–Kier alpha value is -1.31. The summed E-state index contributed by atoms with van der Waals surface area (Å²) in [4.78, 5) is 1.09. The van der Waals surface area contributed by atoms with Crippen LogP contribution in [0, 0.1) is 0 Å². The molecule has 0 aliphatic carbocycles. The lowest BCUT2D eigenvalue weighted by Gasteiger charge is -2.23. The highest BCUT2D eigenvalue weighted by Crippen LogP contribution is 2.32. The maximum Gasteiger partial charge on any atom is 0.549 e. The molecule has 2 unspecified atom stereocenters. The van der Waals surface area contributed by atoms with E-state index in [-0.39, 0.29) is 5.56 Å². The topological polar surface area (TPSA) is 83.0 Å². The van der Waals surface area contributed by atoms with Gasteiger partial charge in [-0.2, -0.15) is 30.6 Å². The second kappa shape index (κ2) is 11.9. The summed E-state index contributed by atoms with van der Waals surface area (Å²) in [5.74, 6) is 0. The third kappa shape index (κ3) is 7.86. The summed E-state index contributed by atoms with van der Waals surface area (Å²) >= 11 is 0. The van der Waals surface area contributed by atoms with E-state index in [0.29, 0.717) is 0 Å². The van der Waals surface area contributed by atoms with E-state index in [1.165, 1.54) is 24.3 Å². The first-order valence-electron chi connectivity index (χ1n) is 10.5. The Morgan fingerprint density at radius 3 is 1.70 bits per heavy atom. The van der Waals surface area contributed by atoms with Crippen LogP contribution in [0.5, 0.6) is 0 Å². The fourth-order valence-electron chi connectivity index (χ4n) is 3.22. The molecule has 2 N–H and O–H groups in total. The average Bonchev–Trinajstić information content (AvgIpc) is 2.69. The number of unbranched alkanes of at least 4 members (excludes halogenated alkanes) is 4. The molecule has 192 valence electrons. The van der Waals surface area contributed by atoms with Crippen LogP contribution in [-0.4, -0.2) is 45.5 Å². The van der Waals surface area contributed by atoms with Gasteiger partial charge in [-0.05, 0) is 43.4 Å². The molecule has 0 aromatic heterocycles. The minimum absolute atomic E-state index is 0.255. The van der Waals surface area contributed by atoms with Crippen LogP contribution in [0.25, 0.3) is 0 Å². The number of benzene rings is 1. The van der Waals surface area contributed by atoms with Crippen molar-refractivity contribution in [3.63, 3.8) is 0 Å². The predicted molar refractivity (Wildman–Crippen MR) is 116 cm³/mol. The smallest absolute Gasteiger partial charge is 0.549 e. The van der Waals surface area contributed by atoms with E-state index in [1.807, 2.05) is 0 Å². The van der Waals surface area contributed by atoms with Crippen molar-refractivity contribution in [1.29, 1.82) is 0 Å². The van der Waals surface area contributed by atoms with Crippen molar-refractivity contribution in [2.24, 2.45) is 0 Å². The van der Waals surface area contributed by atoms with Gasteiger partial charge in [0.1, 0.15) is 5.69 Å². The quantitative estimate of drug-likeness (QED) is 0.202. The molecule has 0 heterocycles. The van der Waals surface area contributed by atoms with Crippen molar-refractivity contribution >= 4 is 29.5 Å². The lowest BCUT2D eigenvalue weighted by Crippen LogP contribution is -3.07. The molecule has 0 amide bonds. The highest BCUT2D eigenvalue weighted by atomic mass is 32.3. The van der Waals surface area contributed by atoms with Gasteiger partial charge in [-0.1, -0.05) is 38.8 Å². The predicted octanol–water partition coefficient (Wildman–Crippen LogP) is 4.28. The molecule has 13 heteroatoms. The molecule has 0 radical (unpaired) electrons. The summed E-state index contributed by atoms with van der Waals surface area (Å²) in [5.41, 5.74) is -11.7. The lowest BCUT2D eigenvalue weighted by molar-refractivity contribution is -0.833. The first kappa shape index (κ1) is 29.7. The van der Waals surface area contributed by atoms with E-state index < -0.39 is 41.3 Å². The molecule has 0 saturated heterocycles. The van der Waals surface area contributed by atoms with Gasteiger partial charge in [0, 0.05) is 16.2 Å². The summed E-state index contributed by atoms with van der Waals surface area (Å²) in [6.45, 7) is 5.67. The Balaban J connectivity index is 3.34. The molecule has 5 nitrogen and oxygen atoms in total. The first-order valence-corrected chi connectivity index (χ1v) is 13.5. The van der Waals surface area contributed by atoms with E-state index in [0.717, 1.165) is 62.2 Å². The number of alkyl halides is 6. The van der Waals surface area contributed by atoms with Crippen molar-refractivity contribution in [2.45, 2.75) is 69.8 Å². The standard InChI is InChI=1S/C20H29F6NO4S2/c1-3-5-7-13-27(14-8-6-4-2)17-11-9-16(10-12-17)15-18(32(28,29)19(21,22)23)33(30,31)20(24,25)26/h9-12H,3-8,13-15H2,1-2H3,(H,28,29)/p+1. The second-order valence-electron chi connectivity index (χ2n) is 7.68. The summed E-state index contributed by atoms with van der Waals surface area (Å²) in [7, 11) is -13.1. The maximum absolute atomic E-state index is 13.0. The normalized spacial score (nSPS) is 16.4. The van der Waals surface area contributed by atoms with Gasteiger partial charge in [0.2, 0.25) is 0 Å². The van der Waals surface area contributed by atoms with Gasteiger partial charge in [-0.25, -0.2) is 4.21 Å². The van der Waals surface area contributed by atoms with Gasteiger partial charge < -0.3 is 9.45 Å². The number of halogens is 6. The first-order chi connectivity index (χ1) is 15.1. The number of rotatable bonds is 11. The maximum atomic E-state index is 13.0. The fourth-order valence-corrected chi connectivity index (χ4v) is 6.21. The zero-order valence-electron chi connectivity index (χ0n) is 18.4. The van der Waals surface area contributed by atoms with Crippen molar-refractivity contribution in [3.05, 3.63) is 29.8 Å². The Morgan fingerprint density at radius 1 is 0.879 bits per heavy atom. The number of hydrogen-bond donors (Lipinski definition) is 1. The summed E-state index contributed by atoms with van der Waals surface area (Å²) in [6, 6.07) is 5.36. The van der Waals surface area contributed by atoms with Crippen molar-refractivity contribution < 1.29 is 48.4 Å². The summed E-state index contributed by atoms with van der Waals surface area (Å²) in [6.07, 6.45) is 4.40. The summed E-state index contributed by atoms with van der Waals surface area (Å²) < 4.78 is 120. The molecule has 1 rings (SSSR count). The van der Waals surface area contributed by atoms with E-state index in [9.17, 15) is 43.5 Å². The Kier molecular flexibility index (Phi) is 10.7. The highest BCUT2D eigenvalue weighted by Gasteiger charge is 2.57. The zero-order valence-corrected chi connectivity index (χ0v) is 20.1. The monoisotopic (exact) mass is 526 g/mol. The lowest BCUT2D eigenvalue weighted by atomic mass is 10.1. The van der Waals surface area contributed by atoms with Crippen LogP contribution in [-0.2, 0) is 26.1 Å². The van der Waals surface area contributed by atoms with Gasteiger partial charge >= 0.3 is 20.9 Å². The molecular weight excluding hydrogens is 496 g/mol. The molecule has 0 aliphatic heterocycles. The molecule has 0 bridgehead atoms. The third-order valence-electron chi connectivity index (χ3n) is 5.10. The molecular formula is C20H30F6NO4S2+. The van der Waals surface area contributed by atoms with Gasteiger partial charge in [0.05, 0.1) is 13.1 Å². The molecule has 0 spiro atoms. The van der Waals surface area contributed by atoms with Gasteiger partial charge in [-0.15, -0.1) is 0 Å². The summed E-state index contributed by atoms with van der Waals surface area (Å²) in [5, 5.41) is 0. The minimum Gasteiger partial charge on any atom is -0.770 e. The van der Waals surface area contributed by atoms with Gasteiger partial charge in [-0.3, -0.25) is 4.21 Å². The van der Waals surface area contributed by atoms with Crippen LogP contribution in [0.1, 0.15) is 57.9 Å². The Labute approximate surface area is 190 Å². The molecule has 1 aromatic carbocycles. The average molecular weight is 527 g/mol.